The second-order valence-corrected chi connectivity index (χ2v) is 11.9. The molecule has 215 valence electrons. The molecule has 0 unspecified atom stereocenters. The normalized spacial score (nSPS) is 11.4. The zero-order valence-corrected chi connectivity index (χ0v) is 27.1. The molecule has 0 N–H and O–H groups in total. The van der Waals surface area contributed by atoms with Gasteiger partial charge in [-0.1, -0.05) is 66.0 Å². The fourth-order valence-electron chi connectivity index (χ4n) is 6.46. The summed E-state index contributed by atoms with van der Waals surface area (Å²) in [5, 5.41) is 7.93. The Kier molecular flexibility index (Phi) is 6.88. The molecule has 0 aliphatic carbocycles. The van der Waals surface area contributed by atoms with Crippen molar-refractivity contribution in [1.82, 2.24) is 14.4 Å². The van der Waals surface area contributed by atoms with Crippen LogP contribution in [0.4, 0.5) is 0 Å². The summed E-state index contributed by atoms with van der Waals surface area (Å²) >= 11 is 1.89. The first-order chi connectivity index (χ1) is 21.8. The summed E-state index contributed by atoms with van der Waals surface area (Å²) in [6.45, 7) is 0. The van der Waals surface area contributed by atoms with E-state index in [9.17, 15) is 0 Å². The number of pyridine rings is 2. The third-order valence-electron chi connectivity index (χ3n) is 8.33. The molecule has 0 atom stereocenters. The Morgan fingerprint density at radius 2 is 1.24 bits per heavy atom. The first kappa shape index (κ1) is 27.6. The van der Waals surface area contributed by atoms with Crippen molar-refractivity contribution in [2.45, 2.75) is 0 Å². The van der Waals surface area contributed by atoms with Crippen LogP contribution in [0.25, 0.3) is 80.8 Å². The van der Waals surface area contributed by atoms with Crippen molar-refractivity contribution in [2.24, 2.45) is 0 Å². The number of thiophene rings is 1. The van der Waals surface area contributed by atoms with Crippen molar-refractivity contribution >= 4 is 69.6 Å². The van der Waals surface area contributed by atoms with Gasteiger partial charge in [0.1, 0.15) is 0 Å². The van der Waals surface area contributed by atoms with Crippen LogP contribution >= 0.6 is 11.3 Å². The quantitative estimate of drug-likeness (QED) is 0.164. The zero-order valence-electron chi connectivity index (χ0n) is 23.9. The van der Waals surface area contributed by atoms with Crippen LogP contribution in [-0.2, 0) is 20.1 Å². The third kappa shape index (κ3) is 4.43. The molecule has 5 heteroatoms. The van der Waals surface area contributed by atoms with Crippen LogP contribution < -0.4 is 0 Å². The number of nitrogens with zero attached hydrogens (tertiary/aromatic N) is 3. The number of fused-ring (bicyclic) bond motifs is 10. The average molecular weight is 770 g/mol. The van der Waals surface area contributed by atoms with Crippen LogP contribution in [0.2, 0.25) is 0 Å². The van der Waals surface area contributed by atoms with Crippen LogP contribution in [0.5, 0.6) is 0 Å². The Hall–Kier alpha value is -4.93. The standard InChI is InChI=1S/C29H15N2S.C11H8N.Ir/c1-3-10-23-18(7-1)20-16-26-27(19-8-2-4-11-25(19)32-26)28-21-15-17(22-9-5-6-14-30-22)12-13-24(21)31(23)29(20)28;1-2-6-10(7-3-1)11-8-4-5-9-12-11;/h1-11,13-16H;1-6,8-9H;/q2*-1;. The van der Waals surface area contributed by atoms with Crippen LogP contribution in [0.1, 0.15) is 0 Å². The van der Waals surface area contributed by atoms with Crippen molar-refractivity contribution in [3.63, 3.8) is 0 Å². The summed E-state index contributed by atoms with van der Waals surface area (Å²) in [4.78, 5) is 8.79. The van der Waals surface area contributed by atoms with Gasteiger partial charge in [-0.05, 0) is 52.6 Å². The van der Waals surface area contributed by atoms with E-state index in [0.717, 1.165) is 22.5 Å². The van der Waals surface area contributed by atoms with Crippen LogP contribution in [0.15, 0.2) is 140 Å². The SMILES string of the molecule is [Ir].[c-]1cc2c(cc1-c1ccccn1)c1c3c(cc4c5ccccc5n2c41)sc1ccccc13.[c-]1ccccc1-c1ccccn1. The largest absolute Gasteiger partial charge is 0.350 e. The molecule has 1 radical (unpaired) electrons. The van der Waals surface area contributed by atoms with E-state index in [1.54, 1.807) is 6.20 Å². The molecule has 45 heavy (non-hydrogen) atoms. The number of hydrogen-bond acceptors (Lipinski definition) is 3. The van der Waals surface area contributed by atoms with Gasteiger partial charge in [0.2, 0.25) is 0 Å². The van der Waals surface area contributed by atoms with E-state index in [-0.39, 0.29) is 20.1 Å². The van der Waals surface area contributed by atoms with Crippen molar-refractivity contribution in [1.29, 1.82) is 0 Å². The average Bonchev–Trinajstić information content (AvgIpc) is 3.75. The van der Waals surface area contributed by atoms with E-state index in [0.29, 0.717) is 0 Å². The fraction of sp³-hybridized carbons (Fsp3) is 0. The van der Waals surface area contributed by atoms with Gasteiger partial charge in [0.25, 0.3) is 0 Å². The molecule has 0 fully saturated rings. The third-order valence-corrected chi connectivity index (χ3v) is 9.45. The van der Waals surface area contributed by atoms with Gasteiger partial charge in [-0.15, -0.1) is 71.0 Å². The molecule has 10 rings (SSSR count). The van der Waals surface area contributed by atoms with E-state index in [1.165, 1.54) is 58.3 Å². The summed E-state index contributed by atoms with van der Waals surface area (Å²) in [6.07, 6.45) is 3.63. The van der Waals surface area contributed by atoms with Crippen molar-refractivity contribution in [3.05, 3.63) is 152 Å². The number of aromatic nitrogens is 3. The predicted octanol–water partition coefficient (Wildman–Crippen LogP) is 10.6. The zero-order chi connectivity index (χ0) is 29.0. The molecule has 5 aromatic heterocycles. The van der Waals surface area contributed by atoms with E-state index < -0.39 is 0 Å². The number of rotatable bonds is 2. The van der Waals surface area contributed by atoms with Gasteiger partial charge in [0.15, 0.2) is 0 Å². The first-order valence-electron chi connectivity index (χ1n) is 14.6. The minimum atomic E-state index is 0. The molecule has 0 saturated carbocycles. The Bertz CT molecular complexity index is 2550. The van der Waals surface area contributed by atoms with E-state index in [2.05, 4.69) is 99.3 Å². The number of hydrogen-bond donors (Lipinski definition) is 0. The molecule has 0 bridgehead atoms. The Balaban J connectivity index is 0.000000196. The second-order valence-electron chi connectivity index (χ2n) is 10.8. The Labute approximate surface area is 277 Å². The predicted molar refractivity (Wildman–Crippen MR) is 185 cm³/mol. The van der Waals surface area contributed by atoms with Crippen molar-refractivity contribution in [3.8, 4) is 22.5 Å². The molecule has 0 aliphatic heterocycles. The summed E-state index contributed by atoms with van der Waals surface area (Å²) in [5.74, 6) is 0. The summed E-state index contributed by atoms with van der Waals surface area (Å²) in [6, 6.07) is 50.7. The van der Waals surface area contributed by atoms with Crippen LogP contribution in [0.3, 0.4) is 0 Å². The van der Waals surface area contributed by atoms with Gasteiger partial charge >= 0.3 is 0 Å². The molecule has 10 aromatic rings. The summed E-state index contributed by atoms with van der Waals surface area (Å²) in [5.41, 5.74) is 7.76. The van der Waals surface area contributed by atoms with Gasteiger partial charge in [-0.2, -0.15) is 0 Å². The molecule has 5 heterocycles. The van der Waals surface area contributed by atoms with Gasteiger partial charge < -0.3 is 14.4 Å². The minimum absolute atomic E-state index is 0. The maximum atomic E-state index is 4.58. The summed E-state index contributed by atoms with van der Waals surface area (Å²) < 4.78 is 5.11. The topological polar surface area (TPSA) is 30.2 Å². The Morgan fingerprint density at radius 3 is 2.00 bits per heavy atom. The number of para-hydroxylation sites is 1. The summed E-state index contributed by atoms with van der Waals surface area (Å²) in [7, 11) is 0. The van der Waals surface area contributed by atoms with E-state index in [1.807, 2.05) is 72.1 Å². The molecule has 0 saturated heterocycles. The van der Waals surface area contributed by atoms with Gasteiger partial charge in [0.05, 0.1) is 5.52 Å². The van der Waals surface area contributed by atoms with E-state index in [4.69, 9.17) is 0 Å². The smallest absolute Gasteiger partial charge is 0.0524 e. The van der Waals surface area contributed by atoms with Gasteiger partial charge in [0, 0.05) is 69.0 Å². The maximum Gasteiger partial charge on any atom is 0.0524 e. The van der Waals surface area contributed by atoms with Crippen molar-refractivity contribution in [2.75, 3.05) is 0 Å². The molecule has 0 spiro atoms. The van der Waals surface area contributed by atoms with Gasteiger partial charge in [-0.25, -0.2) is 0 Å². The molecular weight excluding hydrogens is 747 g/mol. The molecule has 3 nitrogen and oxygen atoms in total. The fourth-order valence-corrected chi connectivity index (χ4v) is 7.61. The molecular formula is C40H23IrN3S-2. The molecule has 5 aromatic carbocycles. The van der Waals surface area contributed by atoms with Crippen molar-refractivity contribution < 1.29 is 20.1 Å². The minimum Gasteiger partial charge on any atom is -0.350 e. The van der Waals surface area contributed by atoms with Gasteiger partial charge in [-0.3, -0.25) is 0 Å². The molecule has 0 amide bonds. The van der Waals surface area contributed by atoms with E-state index >= 15 is 0 Å². The Morgan fingerprint density at radius 1 is 0.533 bits per heavy atom. The molecule has 0 aliphatic rings. The first-order valence-corrected chi connectivity index (χ1v) is 15.4. The van der Waals surface area contributed by atoms with Crippen LogP contribution in [0, 0.1) is 12.1 Å². The second kappa shape index (κ2) is 11.2. The monoisotopic (exact) mass is 770 g/mol. The maximum absolute atomic E-state index is 4.58. The van der Waals surface area contributed by atoms with Crippen LogP contribution in [-0.4, -0.2) is 14.4 Å². The number of benzene rings is 5.